The molecule has 2 amide bonds. The first-order valence-corrected chi connectivity index (χ1v) is 5.64. The third-order valence-electron chi connectivity index (χ3n) is 2.97. The van der Waals surface area contributed by atoms with Crippen LogP contribution >= 0.6 is 0 Å². The number of piperazine rings is 1. The highest BCUT2D eigenvalue weighted by Gasteiger charge is 2.28. The van der Waals surface area contributed by atoms with Gasteiger partial charge in [-0.05, 0) is 6.07 Å². The molecule has 0 aliphatic carbocycles. The number of amides is 2. The van der Waals surface area contributed by atoms with Crippen molar-refractivity contribution in [2.24, 2.45) is 7.05 Å². The molecule has 1 aromatic heterocycles. The lowest BCUT2D eigenvalue weighted by molar-refractivity contribution is -0.148. The van der Waals surface area contributed by atoms with Crippen LogP contribution in [0.3, 0.4) is 0 Å². The van der Waals surface area contributed by atoms with Gasteiger partial charge in [0.15, 0.2) is 5.78 Å². The van der Waals surface area contributed by atoms with E-state index in [1.807, 2.05) is 7.05 Å². The minimum absolute atomic E-state index is 0.0199. The third kappa shape index (κ3) is 2.42. The minimum Gasteiger partial charge on any atom is -0.357 e. The molecule has 2 heterocycles. The van der Waals surface area contributed by atoms with Gasteiger partial charge in [0.25, 0.3) is 0 Å². The number of hydrogen-bond donors (Lipinski definition) is 0. The molecule has 1 aliphatic heterocycles. The van der Waals surface area contributed by atoms with E-state index in [1.54, 1.807) is 30.1 Å². The summed E-state index contributed by atoms with van der Waals surface area (Å²) in [5.41, 5.74) is 0.552. The molecule has 0 N–H and O–H groups in total. The molecule has 0 saturated carbocycles. The van der Waals surface area contributed by atoms with Crippen LogP contribution < -0.4 is 0 Å². The zero-order chi connectivity index (χ0) is 13.3. The first-order chi connectivity index (χ1) is 8.47. The van der Waals surface area contributed by atoms with Crippen molar-refractivity contribution in [2.75, 3.05) is 26.7 Å². The van der Waals surface area contributed by atoms with Crippen molar-refractivity contribution in [3.05, 3.63) is 24.0 Å². The zero-order valence-electron chi connectivity index (χ0n) is 10.4. The Balaban J connectivity index is 2.03. The summed E-state index contributed by atoms with van der Waals surface area (Å²) in [6.07, 6.45) is 3.47. The largest absolute Gasteiger partial charge is 0.357 e. The molecule has 0 unspecified atom stereocenters. The molecule has 1 aromatic rings. The standard InChI is InChI=1S/C12H15N3O3/c1-13-4-3-9(5-13)10(16)6-15-8-11(17)14(2)7-12(15)18/h3-5H,6-8H2,1-2H3. The Morgan fingerprint density at radius 3 is 2.56 bits per heavy atom. The number of ketones is 1. The molecule has 6 nitrogen and oxygen atoms in total. The van der Waals surface area contributed by atoms with E-state index in [-0.39, 0.29) is 37.2 Å². The topological polar surface area (TPSA) is 62.6 Å². The molecule has 0 spiro atoms. The van der Waals surface area contributed by atoms with Gasteiger partial charge in [0.1, 0.15) is 6.54 Å². The maximum Gasteiger partial charge on any atom is 0.243 e. The van der Waals surface area contributed by atoms with E-state index in [0.29, 0.717) is 5.56 Å². The van der Waals surface area contributed by atoms with Crippen LogP contribution in [0.5, 0.6) is 0 Å². The van der Waals surface area contributed by atoms with Gasteiger partial charge in [-0.2, -0.15) is 0 Å². The van der Waals surface area contributed by atoms with Gasteiger partial charge in [0, 0.05) is 32.1 Å². The Labute approximate surface area is 105 Å². The number of rotatable bonds is 3. The van der Waals surface area contributed by atoms with Crippen molar-refractivity contribution in [3.8, 4) is 0 Å². The monoisotopic (exact) mass is 249 g/mol. The Kier molecular flexibility index (Phi) is 3.18. The van der Waals surface area contributed by atoms with Gasteiger partial charge in [-0.3, -0.25) is 14.4 Å². The lowest BCUT2D eigenvalue weighted by Crippen LogP contribution is -2.53. The second kappa shape index (κ2) is 4.64. The van der Waals surface area contributed by atoms with Crippen molar-refractivity contribution in [2.45, 2.75) is 0 Å². The highest BCUT2D eigenvalue weighted by molar-refractivity contribution is 6.01. The van der Waals surface area contributed by atoms with E-state index < -0.39 is 0 Å². The van der Waals surface area contributed by atoms with Crippen LogP contribution in [0.4, 0.5) is 0 Å². The van der Waals surface area contributed by atoms with Crippen molar-refractivity contribution in [1.29, 1.82) is 0 Å². The number of nitrogens with zero attached hydrogens (tertiary/aromatic N) is 3. The SMILES string of the molecule is CN1CC(=O)N(CC(=O)c2ccn(C)c2)CC1=O. The molecule has 18 heavy (non-hydrogen) atoms. The summed E-state index contributed by atoms with van der Waals surface area (Å²) in [7, 11) is 3.40. The molecule has 96 valence electrons. The zero-order valence-corrected chi connectivity index (χ0v) is 10.4. The van der Waals surface area contributed by atoms with Gasteiger partial charge in [0.05, 0.1) is 13.1 Å². The van der Waals surface area contributed by atoms with Crippen molar-refractivity contribution in [1.82, 2.24) is 14.4 Å². The number of carbonyl (C=O) groups is 3. The smallest absolute Gasteiger partial charge is 0.243 e. The molecule has 0 atom stereocenters. The van der Waals surface area contributed by atoms with Crippen LogP contribution in [-0.4, -0.2) is 58.6 Å². The molecule has 6 heteroatoms. The Morgan fingerprint density at radius 1 is 1.22 bits per heavy atom. The van der Waals surface area contributed by atoms with Crippen LogP contribution in [-0.2, 0) is 16.6 Å². The number of Topliss-reactive ketones (excluding diaryl/α,β-unsaturated/α-hetero) is 1. The predicted octanol–water partition coefficient (Wildman–Crippen LogP) is -0.492. The molecule has 0 bridgehead atoms. The average Bonchev–Trinajstić information content (AvgIpc) is 2.73. The molecule has 1 aliphatic rings. The average molecular weight is 249 g/mol. The minimum atomic E-state index is -0.193. The van der Waals surface area contributed by atoms with Crippen LogP contribution in [0.25, 0.3) is 0 Å². The second-order valence-electron chi connectivity index (χ2n) is 4.49. The van der Waals surface area contributed by atoms with E-state index in [0.717, 1.165) is 0 Å². The Morgan fingerprint density at radius 2 is 1.94 bits per heavy atom. The highest BCUT2D eigenvalue weighted by Crippen LogP contribution is 2.07. The molecule has 1 fully saturated rings. The lowest BCUT2D eigenvalue weighted by Gasteiger charge is -2.31. The van der Waals surface area contributed by atoms with Gasteiger partial charge < -0.3 is 14.4 Å². The van der Waals surface area contributed by atoms with Crippen LogP contribution in [0, 0.1) is 0 Å². The maximum absolute atomic E-state index is 11.9. The lowest BCUT2D eigenvalue weighted by atomic mass is 10.2. The predicted molar refractivity (Wildman–Crippen MR) is 64.0 cm³/mol. The van der Waals surface area contributed by atoms with Gasteiger partial charge >= 0.3 is 0 Å². The summed E-state index contributed by atoms with van der Waals surface area (Å²) < 4.78 is 1.77. The fraction of sp³-hybridized carbons (Fsp3) is 0.417. The van der Waals surface area contributed by atoms with Crippen LogP contribution in [0.1, 0.15) is 10.4 Å². The van der Waals surface area contributed by atoms with Crippen molar-refractivity contribution in [3.63, 3.8) is 0 Å². The van der Waals surface area contributed by atoms with E-state index in [2.05, 4.69) is 0 Å². The molecule has 0 aromatic carbocycles. The van der Waals surface area contributed by atoms with Crippen molar-refractivity contribution < 1.29 is 14.4 Å². The van der Waals surface area contributed by atoms with Gasteiger partial charge in [0.2, 0.25) is 11.8 Å². The molecular formula is C12H15N3O3. The Bertz CT molecular complexity index is 506. The second-order valence-corrected chi connectivity index (χ2v) is 4.49. The van der Waals surface area contributed by atoms with Gasteiger partial charge in [-0.15, -0.1) is 0 Å². The summed E-state index contributed by atoms with van der Waals surface area (Å²) >= 11 is 0. The van der Waals surface area contributed by atoms with Gasteiger partial charge in [-0.25, -0.2) is 0 Å². The fourth-order valence-electron chi connectivity index (χ4n) is 1.84. The maximum atomic E-state index is 11.9. The Hall–Kier alpha value is -2.11. The normalized spacial score (nSPS) is 16.3. The first-order valence-electron chi connectivity index (χ1n) is 5.64. The summed E-state index contributed by atoms with van der Waals surface area (Å²) in [6.45, 7) is -0.0166. The van der Waals surface area contributed by atoms with E-state index in [4.69, 9.17) is 0 Å². The fourth-order valence-corrected chi connectivity index (χ4v) is 1.84. The van der Waals surface area contributed by atoms with Gasteiger partial charge in [-0.1, -0.05) is 0 Å². The number of aromatic nitrogens is 1. The van der Waals surface area contributed by atoms with Crippen LogP contribution in [0.15, 0.2) is 18.5 Å². The summed E-state index contributed by atoms with van der Waals surface area (Å²) in [5.74, 6) is -0.488. The van der Waals surface area contributed by atoms with Crippen LogP contribution in [0.2, 0.25) is 0 Å². The number of aryl methyl sites for hydroxylation is 1. The summed E-state index contributed by atoms with van der Waals surface area (Å²) in [5, 5.41) is 0. The first kappa shape index (κ1) is 12.3. The van der Waals surface area contributed by atoms with E-state index >= 15 is 0 Å². The van der Waals surface area contributed by atoms with Crippen molar-refractivity contribution >= 4 is 17.6 Å². The highest BCUT2D eigenvalue weighted by atomic mass is 16.2. The number of likely N-dealkylation sites (N-methyl/N-ethyl adjacent to an activating group) is 1. The number of hydrogen-bond acceptors (Lipinski definition) is 3. The van der Waals surface area contributed by atoms with E-state index in [1.165, 1.54) is 9.80 Å². The molecule has 1 saturated heterocycles. The quantitative estimate of drug-likeness (QED) is 0.679. The third-order valence-corrected chi connectivity index (χ3v) is 2.97. The summed E-state index contributed by atoms with van der Waals surface area (Å²) in [6, 6.07) is 1.70. The summed E-state index contributed by atoms with van der Waals surface area (Å²) in [4.78, 5) is 37.8. The molecule has 2 rings (SSSR count). The molecular weight excluding hydrogens is 234 g/mol. The molecule has 0 radical (unpaired) electrons. The van der Waals surface area contributed by atoms with E-state index in [9.17, 15) is 14.4 Å². The number of carbonyl (C=O) groups excluding carboxylic acids is 3.